The Morgan fingerprint density at radius 2 is 1.26 bits per heavy atom. The normalized spacial score (nSPS) is 12.7. The minimum absolute atomic E-state index is 0.537. The van der Waals surface area contributed by atoms with Crippen LogP contribution in [0.4, 0.5) is 0 Å². The Morgan fingerprint density at radius 3 is 1.81 bits per heavy atom. The molecular weight excluding hydrogens is 328 g/mol. The molecule has 1 aromatic carbocycles. The van der Waals surface area contributed by atoms with Gasteiger partial charge in [-0.05, 0) is 18.6 Å². The molecule has 0 radical (unpaired) electrons. The van der Waals surface area contributed by atoms with Crippen molar-refractivity contribution >= 4 is 11.0 Å². The van der Waals surface area contributed by atoms with Gasteiger partial charge in [0, 0.05) is 5.92 Å². The third kappa shape index (κ3) is 8.95. The first kappa shape index (κ1) is 22.0. The highest BCUT2D eigenvalue weighted by molar-refractivity contribution is 5.74. The molecular formula is C25H42N2. The maximum atomic E-state index is 4.74. The van der Waals surface area contributed by atoms with Crippen LogP contribution in [0.2, 0.25) is 0 Å². The SMILES string of the molecule is CCCCCCCCCCCCCCCCC(C)c1nc2ccccc2[nH]1. The number of nitrogens with zero attached hydrogens (tertiary/aromatic N) is 1. The summed E-state index contributed by atoms with van der Waals surface area (Å²) in [4.78, 5) is 8.23. The van der Waals surface area contributed by atoms with Gasteiger partial charge in [0.05, 0.1) is 11.0 Å². The Kier molecular flexibility index (Phi) is 11.2. The van der Waals surface area contributed by atoms with Gasteiger partial charge in [0.25, 0.3) is 0 Å². The first-order chi connectivity index (χ1) is 13.3. The third-order valence-electron chi connectivity index (χ3n) is 5.87. The molecule has 2 heteroatoms. The molecule has 0 saturated carbocycles. The predicted molar refractivity (Wildman–Crippen MR) is 119 cm³/mol. The molecule has 1 heterocycles. The number of rotatable bonds is 16. The van der Waals surface area contributed by atoms with Crippen LogP contribution >= 0.6 is 0 Å². The van der Waals surface area contributed by atoms with Crippen molar-refractivity contribution in [1.29, 1.82) is 0 Å². The van der Waals surface area contributed by atoms with E-state index >= 15 is 0 Å². The van der Waals surface area contributed by atoms with Crippen LogP contribution < -0.4 is 0 Å². The monoisotopic (exact) mass is 370 g/mol. The summed E-state index contributed by atoms with van der Waals surface area (Å²) < 4.78 is 0. The molecule has 27 heavy (non-hydrogen) atoms. The summed E-state index contributed by atoms with van der Waals surface area (Å²) in [6, 6.07) is 8.34. The van der Waals surface area contributed by atoms with E-state index in [-0.39, 0.29) is 0 Å². The Balaban J connectivity index is 1.40. The van der Waals surface area contributed by atoms with Crippen molar-refractivity contribution in [3.05, 3.63) is 30.1 Å². The lowest BCUT2D eigenvalue weighted by atomic mass is 10.0. The highest BCUT2D eigenvalue weighted by atomic mass is 14.9. The Bertz CT molecular complexity index is 568. The summed E-state index contributed by atoms with van der Waals surface area (Å²) in [5.41, 5.74) is 2.26. The summed E-state index contributed by atoms with van der Waals surface area (Å²) in [6.07, 6.45) is 21.2. The molecule has 2 aromatic rings. The largest absolute Gasteiger partial charge is 0.342 e. The zero-order valence-corrected chi connectivity index (χ0v) is 17.9. The molecule has 0 aliphatic carbocycles. The Hall–Kier alpha value is -1.31. The lowest BCUT2D eigenvalue weighted by molar-refractivity contribution is 0.521. The van der Waals surface area contributed by atoms with Crippen LogP contribution in [0.3, 0.4) is 0 Å². The zero-order chi connectivity index (χ0) is 19.2. The number of imidazole rings is 1. The van der Waals surface area contributed by atoms with E-state index in [2.05, 4.69) is 43.1 Å². The zero-order valence-electron chi connectivity index (χ0n) is 17.9. The van der Waals surface area contributed by atoms with Crippen LogP contribution in [0.5, 0.6) is 0 Å². The second-order valence-corrected chi connectivity index (χ2v) is 8.43. The molecule has 0 aliphatic rings. The number of unbranched alkanes of at least 4 members (excludes halogenated alkanes) is 13. The first-order valence-corrected chi connectivity index (χ1v) is 11.8. The second kappa shape index (κ2) is 13.8. The summed E-state index contributed by atoms with van der Waals surface area (Å²) in [5.74, 6) is 1.70. The molecule has 0 amide bonds. The van der Waals surface area contributed by atoms with Gasteiger partial charge in [-0.25, -0.2) is 4.98 Å². The topological polar surface area (TPSA) is 28.7 Å². The van der Waals surface area contributed by atoms with E-state index < -0.39 is 0 Å². The molecule has 0 saturated heterocycles. The van der Waals surface area contributed by atoms with Crippen LogP contribution in [0.15, 0.2) is 24.3 Å². The fourth-order valence-corrected chi connectivity index (χ4v) is 3.99. The van der Waals surface area contributed by atoms with Crippen molar-refractivity contribution in [2.24, 2.45) is 0 Å². The number of fused-ring (bicyclic) bond motifs is 1. The van der Waals surface area contributed by atoms with E-state index in [9.17, 15) is 0 Å². The maximum Gasteiger partial charge on any atom is 0.110 e. The highest BCUT2D eigenvalue weighted by Gasteiger charge is 2.10. The number of aromatic amines is 1. The Morgan fingerprint density at radius 1 is 0.741 bits per heavy atom. The number of hydrogen-bond donors (Lipinski definition) is 1. The van der Waals surface area contributed by atoms with E-state index in [1.54, 1.807) is 0 Å². The fraction of sp³-hybridized carbons (Fsp3) is 0.720. The highest BCUT2D eigenvalue weighted by Crippen LogP contribution is 2.22. The van der Waals surface area contributed by atoms with E-state index in [1.807, 2.05) is 0 Å². The van der Waals surface area contributed by atoms with E-state index in [1.165, 1.54) is 102 Å². The molecule has 0 bridgehead atoms. The molecule has 0 spiro atoms. The van der Waals surface area contributed by atoms with Gasteiger partial charge >= 0.3 is 0 Å². The van der Waals surface area contributed by atoms with Crippen molar-refractivity contribution in [2.75, 3.05) is 0 Å². The average molecular weight is 371 g/mol. The maximum absolute atomic E-state index is 4.74. The molecule has 1 unspecified atom stereocenters. The lowest BCUT2D eigenvalue weighted by Crippen LogP contribution is -1.96. The van der Waals surface area contributed by atoms with Gasteiger partial charge in [0.15, 0.2) is 0 Å². The van der Waals surface area contributed by atoms with E-state index in [4.69, 9.17) is 4.98 Å². The van der Waals surface area contributed by atoms with Gasteiger partial charge in [-0.15, -0.1) is 0 Å². The standard InChI is InChI=1S/C25H42N2/c1-3-4-5-6-7-8-9-10-11-12-13-14-15-16-19-22(2)25-26-23-20-17-18-21-24(23)27-25/h17-18,20-22H,3-16,19H2,1-2H3,(H,26,27). The van der Waals surface area contributed by atoms with E-state index in [0.717, 1.165) is 11.3 Å². The third-order valence-corrected chi connectivity index (χ3v) is 5.87. The molecule has 152 valence electrons. The van der Waals surface area contributed by atoms with Crippen LogP contribution in [-0.4, -0.2) is 9.97 Å². The minimum atomic E-state index is 0.537. The number of nitrogens with one attached hydrogen (secondary N) is 1. The van der Waals surface area contributed by atoms with Crippen molar-refractivity contribution in [3.8, 4) is 0 Å². The fourth-order valence-electron chi connectivity index (χ4n) is 3.99. The predicted octanol–water partition coefficient (Wildman–Crippen LogP) is 8.54. The van der Waals surface area contributed by atoms with Crippen molar-refractivity contribution in [3.63, 3.8) is 0 Å². The van der Waals surface area contributed by atoms with Crippen LogP contribution in [0, 0.1) is 0 Å². The molecule has 0 aliphatic heterocycles. The lowest BCUT2D eigenvalue weighted by Gasteiger charge is -2.08. The summed E-state index contributed by atoms with van der Waals surface area (Å²) in [5, 5.41) is 0. The van der Waals surface area contributed by atoms with E-state index in [0.29, 0.717) is 5.92 Å². The minimum Gasteiger partial charge on any atom is -0.342 e. The smallest absolute Gasteiger partial charge is 0.110 e. The average Bonchev–Trinajstić information content (AvgIpc) is 3.12. The van der Waals surface area contributed by atoms with Gasteiger partial charge in [0.2, 0.25) is 0 Å². The summed E-state index contributed by atoms with van der Waals surface area (Å²) in [7, 11) is 0. The van der Waals surface area contributed by atoms with Crippen molar-refractivity contribution in [2.45, 2.75) is 116 Å². The van der Waals surface area contributed by atoms with Crippen LogP contribution in [0.1, 0.15) is 122 Å². The Labute approximate surface area is 167 Å². The van der Waals surface area contributed by atoms with Crippen LogP contribution in [-0.2, 0) is 0 Å². The quantitative estimate of drug-likeness (QED) is 0.295. The van der Waals surface area contributed by atoms with Crippen LogP contribution in [0.25, 0.3) is 11.0 Å². The molecule has 2 nitrogen and oxygen atoms in total. The van der Waals surface area contributed by atoms with Crippen molar-refractivity contribution < 1.29 is 0 Å². The van der Waals surface area contributed by atoms with Gasteiger partial charge in [0.1, 0.15) is 5.82 Å². The molecule has 1 aromatic heterocycles. The van der Waals surface area contributed by atoms with Gasteiger partial charge in [-0.2, -0.15) is 0 Å². The number of para-hydroxylation sites is 2. The second-order valence-electron chi connectivity index (χ2n) is 8.43. The molecule has 1 atom stereocenters. The number of H-pyrrole nitrogens is 1. The van der Waals surface area contributed by atoms with Gasteiger partial charge in [-0.3, -0.25) is 0 Å². The summed E-state index contributed by atoms with van der Waals surface area (Å²) >= 11 is 0. The number of benzene rings is 1. The first-order valence-electron chi connectivity index (χ1n) is 11.8. The van der Waals surface area contributed by atoms with Crippen molar-refractivity contribution in [1.82, 2.24) is 9.97 Å². The van der Waals surface area contributed by atoms with Gasteiger partial charge in [-0.1, -0.05) is 116 Å². The molecule has 1 N–H and O–H groups in total. The van der Waals surface area contributed by atoms with Gasteiger partial charge < -0.3 is 4.98 Å². The number of hydrogen-bond acceptors (Lipinski definition) is 1. The molecule has 2 rings (SSSR count). The number of aromatic nitrogens is 2. The summed E-state index contributed by atoms with van der Waals surface area (Å²) in [6.45, 7) is 4.60. The molecule has 0 fully saturated rings.